The van der Waals surface area contributed by atoms with Crippen molar-refractivity contribution in [3.8, 4) is 0 Å². The van der Waals surface area contributed by atoms with Crippen molar-refractivity contribution in [2.24, 2.45) is 59.2 Å². The molecule has 0 aliphatic heterocycles. The van der Waals surface area contributed by atoms with E-state index in [9.17, 15) is 0 Å². The maximum atomic E-state index is 5.13. The fourth-order valence-electron chi connectivity index (χ4n) is 8.46. The van der Waals surface area contributed by atoms with Gasteiger partial charge in [0.25, 0.3) is 0 Å². The van der Waals surface area contributed by atoms with Crippen molar-refractivity contribution in [1.82, 2.24) is 5.32 Å². The standard InChI is InChI=1S/C26H51N3.2C11H15.Zr/c1-15-17(3)21(7)25(22(8)18(15)4)28-13-11-27-12-14-29-26-23(9)19(5)16(2)20(6)24(26)10;2*1-9-5-7-10(8-6-9)11(2,3)4;/h15-27H,11-14H2,1-10H3;2*5-8H,1H2,2-4H3;/q-2;2*-1;+4/t15?,16?,17-,18-,19+,20+,21-,22-,23+,24+,25?,26?;;;. The van der Waals surface area contributed by atoms with E-state index in [1.54, 1.807) is 0 Å². The average Bonchev–Trinajstić information content (AvgIpc) is 3.07. The largest absolute Gasteiger partial charge is 4.00 e. The Hall–Kier alpha value is -1.06. The van der Waals surface area contributed by atoms with E-state index in [-0.39, 0.29) is 37.0 Å². The van der Waals surface area contributed by atoms with Crippen molar-refractivity contribution in [2.45, 2.75) is 134 Å². The molecule has 1 N–H and O–H groups in total. The smallest absolute Gasteiger partial charge is 0.658 e. The van der Waals surface area contributed by atoms with Gasteiger partial charge in [-0.05, 0) is 59.4 Å². The van der Waals surface area contributed by atoms with Crippen molar-refractivity contribution in [1.29, 1.82) is 0 Å². The first-order valence-corrected chi connectivity index (χ1v) is 20.5. The monoisotopic (exact) mass is 790 g/mol. The number of hydrogen-bond acceptors (Lipinski definition) is 1. The van der Waals surface area contributed by atoms with Crippen molar-refractivity contribution in [2.75, 3.05) is 26.2 Å². The van der Waals surface area contributed by atoms with Crippen LogP contribution in [-0.4, -0.2) is 38.3 Å². The van der Waals surface area contributed by atoms with E-state index in [1.807, 2.05) is 0 Å². The van der Waals surface area contributed by atoms with E-state index >= 15 is 0 Å². The molecule has 0 heterocycles. The minimum absolute atomic E-state index is 0. The summed E-state index contributed by atoms with van der Waals surface area (Å²) in [7, 11) is 0. The summed E-state index contributed by atoms with van der Waals surface area (Å²) in [6.07, 6.45) is 0. The minimum atomic E-state index is 0. The average molecular weight is 791 g/mol. The third-order valence-corrected chi connectivity index (χ3v) is 13.7. The fraction of sp³-hybridized carbons (Fsp3) is 0.708. The van der Waals surface area contributed by atoms with Crippen LogP contribution in [0.4, 0.5) is 0 Å². The molecule has 8 atom stereocenters. The van der Waals surface area contributed by atoms with Crippen LogP contribution in [-0.2, 0) is 37.0 Å². The van der Waals surface area contributed by atoms with Gasteiger partial charge in [0.05, 0.1) is 0 Å². The second kappa shape index (κ2) is 21.9. The first-order chi connectivity index (χ1) is 23.6. The van der Waals surface area contributed by atoms with Crippen LogP contribution in [0, 0.1) is 73.0 Å². The topological polar surface area (TPSA) is 40.2 Å². The summed E-state index contributed by atoms with van der Waals surface area (Å²) < 4.78 is 0. The van der Waals surface area contributed by atoms with Gasteiger partial charge in [0, 0.05) is 0 Å². The predicted molar refractivity (Wildman–Crippen MR) is 228 cm³/mol. The zero-order valence-electron chi connectivity index (χ0n) is 36.7. The first kappa shape index (κ1) is 49.0. The molecule has 0 amide bonds. The molecule has 0 spiro atoms. The van der Waals surface area contributed by atoms with Crippen molar-refractivity contribution < 1.29 is 26.2 Å². The van der Waals surface area contributed by atoms with Crippen LogP contribution in [0.2, 0.25) is 0 Å². The Morgan fingerprint density at radius 1 is 0.442 bits per heavy atom. The van der Waals surface area contributed by atoms with Crippen LogP contribution >= 0.6 is 0 Å². The van der Waals surface area contributed by atoms with E-state index in [0.717, 1.165) is 72.8 Å². The third-order valence-electron chi connectivity index (χ3n) is 13.7. The maximum Gasteiger partial charge on any atom is 4.00 e. The molecule has 0 aromatic heterocycles. The van der Waals surface area contributed by atoms with Gasteiger partial charge in [-0.1, -0.05) is 146 Å². The van der Waals surface area contributed by atoms with Crippen LogP contribution in [0.15, 0.2) is 48.5 Å². The molecule has 2 fully saturated rings. The van der Waals surface area contributed by atoms with Crippen LogP contribution in [0.1, 0.15) is 133 Å². The molecule has 2 aliphatic carbocycles. The zero-order valence-corrected chi connectivity index (χ0v) is 39.1. The molecular formula is C48H81N3Zr. The van der Waals surface area contributed by atoms with Gasteiger partial charge >= 0.3 is 26.2 Å². The Labute approximate surface area is 344 Å². The molecular weight excluding hydrogens is 710 g/mol. The molecule has 292 valence electrons. The van der Waals surface area contributed by atoms with E-state index in [2.05, 4.69) is 178 Å². The van der Waals surface area contributed by atoms with Crippen molar-refractivity contribution >= 4 is 0 Å². The van der Waals surface area contributed by atoms with E-state index in [4.69, 9.17) is 10.6 Å². The Morgan fingerprint density at radius 2 is 0.673 bits per heavy atom. The summed E-state index contributed by atoms with van der Waals surface area (Å²) in [5.74, 6) is 7.51. The van der Waals surface area contributed by atoms with Crippen LogP contribution < -0.4 is 5.32 Å². The number of benzene rings is 2. The predicted octanol–water partition coefficient (Wildman–Crippen LogP) is 12.8. The fourth-order valence-corrected chi connectivity index (χ4v) is 8.46. The quantitative estimate of drug-likeness (QED) is 0.210. The molecule has 0 radical (unpaired) electrons. The molecule has 4 rings (SSSR count). The summed E-state index contributed by atoms with van der Waals surface area (Å²) in [5, 5.41) is 13.9. The van der Waals surface area contributed by atoms with Crippen molar-refractivity contribution in [3.63, 3.8) is 0 Å². The van der Waals surface area contributed by atoms with Gasteiger partial charge in [-0.15, -0.1) is 49.4 Å². The molecule has 52 heavy (non-hydrogen) atoms. The Bertz CT molecular complexity index is 1110. The molecule has 0 unspecified atom stereocenters. The summed E-state index contributed by atoms with van der Waals surface area (Å²) in [6.45, 7) is 49.1. The van der Waals surface area contributed by atoms with E-state index in [1.165, 1.54) is 11.1 Å². The Morgan fingerprint density at radius 3 is 0.904 bits per heavy atom. The molecule has 0 bridgehead atoms. The van der Waals surface area contributed by atoms with Gasteiger partial charge in [-0.3, -0.25) is 0 Å². The van der Waals surface area contributed by atoms with Gasteiger partial charge in [0.15, 0.2) is 0 Å². The van der Waals surface area contributed by atoms with Crippen LogP contribution in [0.5, 0.6) is 0 Å². The molecule has 2 aromatic carbocycles. The van der Waals surface area contributed by atoms with Gasteiger partial charge in [0.1, 0.15) is 0 Å². The number of nitrogens with zero attached hydrogens (tertiary/aromatic N) is 2. The van der Waals surface area contributed by atoms with Gasteiger partial charge in [0.2, 0.25) is 0 Å². The van der Waals surface area contributed by atoms with Crippen LogP contribution in [0.3, 0.4) is 0 Å². The number of hydrogen-bond donors (Lipinski definition) is 1. The second-order valence-corrected chi connectivity index (χ2v) is 19.0. The molecule has 2 saturated carbocycles. The normalized spacial score (nSPS) is 32.0. The molecule has 3 nitrogen and oxygen atoms in total. The third kappa shape index (κ3) is 14.2. The molecule has 4 heteroatoms. The van der Waals surface area contributed by atoms with E-state index < -0.39 is 0 Å². The Balaban J connectivity index is 0.000000479. The minimum Gasteiger partial charge on any atom is -0.658 e. The maximum absolute atomic E-state index is 5.13. The Kier molecular flexibility index (Phi) is 20.6. The summed E-state index contributed by atoms with van der Waals surface area (Å²) >= 11 is 0. The summed E-state index contributed by atoms with van der Waals surface area (Å²) in [5.41, 5.74) is 5.41. The van der Waals surface area contributed by atoms with Crippen molar-refractivity contribution in [3.05, 3.63) is 95.3 Å². The summed E-state index contributed by atoms with van der Waals surface area (Å²) in [6, 6.07) is 17.8. The number of rotatable bonds is 8. The van der Waals surface area contributed by atoms with Gasteiger partial charge in [-0.2, -0.15) is 49.2 Å². The van der Waals surface area contributed by atoms with Crippen LogP contribution in [0.25, 0.3) is 10.6 Å². The first-order valence-electron chi connectivity index (χ1n) is 20.5. The molecule has 2 aromatic rings. The SMILES string of the molecule is CC1[C@@H](C)[C@@H](C)C([N-]CCNCC[N-]C2[C@@H](C)[C@@H](C)C(C)[C@H](C)[C@@H]2C)[C@H](C)[C@@H]1C.[CH2-]c1ccc(C(C)(C)C)cc1.[CH2-]c1ccc(C(C)(C)C)cc1.[Zr+4]. The van der Waals surface area contributed by atoms with E-state index in [0.29, 0.717) is 35.8 Å². The van der Waals surface area contributed by atoms with Gasteiger partial charge < -0.3 is 16.0 Å². The summed E-state index contributed by atoms with van der Waals surface area (Å²) in [4.78, 5) is 0. The van der Waals surface area contributed by atoms with Gasteiger partial charge in [-0.25, -0.2) is 0 Å². The second-order valence-electron chi connectivity index (χ2n) is 19.0. The molecule has 2 aliphatic rings. The number of nitrogens with one attached hydrogen (secondary N) is 1. The molecule has 0 saturated heterocycles. The zero-order chi connectivity index (χ0) is 38.8.